The Labute approximate surface area is 101 Å². The van der Waals surface area contributed by atoms with Crippen LogP contribution in [-0.4, -0.2) is 28.2 Å². The molecule has 2 rings (SSSR count). The van der Waals surface area contributed by atoms with Gasteiger partial charge in [-0.1, -0.05) is 6.92 Å². The molecule has 1 fully saturated rings. The highest BCUT2D eigenvalue weighted by molar-refractivity contribution is 5.95. The molecule has 1 aromatic heterocycles. The summed E-state index contributed by atoms with van der Waals surface area (Å²) >= 11 is 0. The molecule has 0 bridgehead atoms. The number of carbonyl (C=O) groups excluding carboxylic acids is 1. The molecular weight excluding hydrogens is 216 g/mol. The highest BCUT2D eigenvalue weighted by Gasteiger charge is 2.28. The zero-order valence-electron chi connectivity index (χ0n) is 10.2. The Morgan fingerprint density at radius 3 is 2.82 bits per heavy atom. The smallest absolute Gasteiger partial charge is 0.253 e. The third-order valence-corrected chi connectivity index (χ3v) is 3.08. The van der Waals surface area contributed by atoms with Crippen molar-refractivity contribution >= 4 is 5.91 Å². The lowest BCUT2D eigenvalue weighted by atomic mass is 9.87. The van der Waals surface area contributed by atoms with Crippen molar-refractivity contribution in [3.8, 4) is 0 Å². The van der Waals surface area contributed by atoms with Crippen LogP contribution in [0.5, 0.6) is 0 Å². The maximum absolute atomic E-state index is 12.1. The van der Waals surface area contributed by atoms with Crippen LogP contribution < -0.4 is 11.1 Å². The van der Waals surface area contributed by atoms with E-state index in [-0.39, 0.29) is 18.0 Å². The van der Waals surface area contributed by atoms with Gasteiger partial charge in [0.25, 0.3) is 5.91 Å². The Hall–Kier alpha value is -1.49. The minimum atomic E-state index is -0.0586. The van der Waals surface area contributed by atoms with E-state index in [4.69, 9.17) is 5.73 Å². The van der Waals surface area contributed by atoms with E-state index in [1.807, 2.05) is 13.8 Å². The van der Waals surface area contributed by atoms with Crippen LogP contribution >= 0.6 is 0 Å². The molecule has 3 N–H and O–H groups in total. The number of nitrogens with one attached hydrogen (secondary N) is 1. The van der Waals surface area contributed by atoms with E-state index in [1.54, 1.807) is 6.07 Å². The summed E-state index contributed by atoms with van der Waals surface area (Å²) in [6.07, 6.45) is 2.44. The van der Waals surface area contributed by atoms with Gasteiger partial charge in [-0.05, 0) is 32.3 Å². The normalized spacial score (nSPS) is 23.0. The third-order valence-electron chi connectivity index (χ3n) is 3.08. The summed E-state index contributed by atoms with van der Waals surface area (Å²) in [7, 11) is 0. The zero-order chi connectivity index (χ0) is 12.4. The Balaban J connectivity index is 2.09. The summed E-state index contributed by atoms with van der Waals surface area (Å²) in [5.74, 6) is -0.0586. The minimum Gasteiger partial charge on any atom is -0.349 e. The van der Waals surface area contributed by atoms with Crippen molar-refractivity contribution < 1.29 is 4.79 Å². The van der Waals surface area contributed by atoms with Crippen LogP contribution in [0.25, 0.3) is 0 Å². The highest BCUT2D eigenvalue weighted by Crippen LogP contribution is 2.18. The fraction of sp³-hybridized carbons (Fsp3) is 0.583. The molecule has 1 heterocycles. The Kier molecular flexibility index (Phi) is 3.38. The van der Waals surface area contributed by atoms with Crippen molar-refractivity contribution in [2.24, 2.45) is 5.73 Å². The van der Waals surface area contributed by atoms with E-state index in [0.717, 1.165) is 24.2 Å². The average Bonchev–Trinajstić information content (AvgIpc) is 2.27. The first-order valence-corrected chi connectivity index (χ1v) is 5.99. The molecule has 1 aromatic rings. The van der Waals surface area contributed by atoms with Crippen LogP contribution in [0.2, 0.25) is 0 Å². The summed E-state index contributed by atoms with van der Waals surface area (Å²) < 4.78 is 0. The van der Waals surface area contributed by atoms with Gasteiger partial charge in [0.15, 0.2) is 0 Å². The predicted molar refractivity (Wildman–Crippen MR) is 64.6 cm³/mol. The van der Waals surface area contributed by atoms with Gasteiger partial charge >= 0.3 is 0 Å². The fourth-order valence-corrected chi connectivity index (χ4v) is 2.01. The minimum absolute atomic E-state index is 0.0586. The number of aryl methyl sites for hydroxylation is 2. The average molecular weight is 234 g/mol. The third kappa shape index (κ3) is 2.61. The lowest BCUT2D eigenvalue weighted by molar-refractivity contribution is 0.0908. The number of hydrogen-bond donors (Lipinski definition) is 2. The molecule has 0 aromatic carbocycles. The first-order valence-electron chi connectivity index (χ1n) is 5.99. The lowest BCUT2D eigenvalue weighted by Crippen LogP contribution is -2.50. The molecule has 0 aliphatic heterocycles. The SMILES string of the molecule is CCc1nnc(C)cc1C(=O)NC1CC(N)C1. The highest BCUT2D eigenvalue weighted by atomic mass is 16.1. The summed E-state index contributed by atoms with van der Waals surface area (Å²) in [5.41, 5.74) is 7.84. The molecule has 0 radical (unpaired) electrons. The lowest BCUT2D eigenvalue weighted by Gasteiger charge is -2.33. The van der Waals surface area contributed by atoms with E-state index in [1.165, 1.54) is 0 Å². The summed E-state index contributed by atoms with van der Waals surface area (Å²) in [5, 5.41) is 11.0. The maximum Gasteiger partial charge on any atom is 0.253 e. The molecule has 92 valence electrons. The monoisotopic (exact) mass is 234 g/mol. The van der Waals surface area contributed by atoms with Crippen LogP contribution in [0.15, 0.2) is 6.07 Å². The van der Waals surface area contributed by atoms with Crippen LogP contribution in [0.4, 0.5) is 0 Å². The topological polar surface area (TPSA) is 80.9 Å². The second-order valence-electron chi connectivity index (χ2n) is 4.60. The largest absolute Gasteiger partial charge is 0.349 e. The van der Waals surface area contributed by atoms with Gasteiger partial charge < -0.3 is 11.1 Å². The molecule has 1 amide bonds. The van der Waals surface area contributed by atoms with Crippen LogP contribution in [0.3, 0.4) is 0 Å². The number of aromatic nitrogens is 2. The van der Waals surface area contributed by atoms with Gasteiger partial charge in [0, 0.05) is 12.1 Å². The van der Waals surface area contributed by atoms with Gasteiger partial charge in [-0.2, -0.15) is 10.2 Å². The number of amides is 1. The summed E-state index contributed by atoms with van der Waals surface area (Å²) in [6, 6.07) is 2.25. The molecule has 17 heavy (non-hydrogen) atoms. The second-order valence-corrected chi connectivity index (χ2v) is 4.60. The van der Waals surface area contributed by atoms with Crippen molar-refractivity contribution in [1.82, 2.24) is 15.5 Å². The van der Waals surface area contributed by atoms with Gasteiger partial charge in [0.1, 0.15) is 0 Å². The molecule has 0 atom stereocenters. The van der Waals surface area contributed by atoms with E-state index in [0.29, 0.717) is 12.0 Å². The van der Waals surface area contributed by atoms with Crippen molar-refractivity contribution in [2.75, 3.05) is 0 Å². The fourth-order valence-electron chi connectivity index (χ4n) is 2.01. The number of nitrogens with zero attached hydrogens (tertiary/aromatic N) is 2. The Bertz CT molecular complexity index is 427. The summed E-state index contributed by atoms with van der Waals surface area (Å²) in [4.78, 5) is 12.1. The van der Waals surface area contributed by atoms with Crippen molar-refractivity contribution in [3.05, 3.63) is 23.0 Å². The van der Waals surface area contributed by atoms with Crippen LogP contribution in [0.1, 0.15) is 41.5 Å². The van der Waals surface area contributed by atoms with E-state index >= 15 is 0 Å². The molecule has 1 saturated carbocycles. The number of hydrogen-bond acceptors (Lipinski definition) is 4. The molecule has 5 nitrogen and oxygen atoms in total. The molecular formula is C12H18N4O. The van der Waals surface area contributed by atoms with Crippen molar-refractivity contribution in [1.29, 1.82) is 0 Å². The number of rotatable bonds is 3. The quantitative estimate of drug-likeness (QED) is 0.801. The van der Waals surface area contributed by atoms with Crippen molar-refractivity contribution in [3.63, 3.8) is 0 Å². The zero-order valence-corrected chi connectivity index (χ0v) is 10.2. The van der Waals surface area contributed by atoms with E-state index in [9.17, 15) is 4.79 Å². The van der Waals surface area contributed by atoms with Crippen LogP contribution in [0, 0.1) is 6.92 Å². The van der Waals surface area contributed by atoms with Gasteiger partial charge in [-0.15, -0.1) is 0 Å². The molecule has 1 aliphatic rings. The Morgan fingerprint density at radius 1 is 1.53 bits per heavy atom. The molecule has 1 aliphatic carbocycles. The van der Waals surface area contributed by atoms with Crippen molar-refractivity contribution in [2.45, 2.75) is 45.2 Å². The second kappa shape index (κ2) is 4.79. The molecule has 0 unspecified atom stereocenters. The molecule has 0 spiro atoms. The standard InChI is InChI=1S/C12H18N4O/c1-3-11-10(4-7(2)15-16-11)12(17)14-9-5-8(13)6-9/h4,8-9H,3,5-6,13H2,1-2H3,(H,14,17). The number of carbonyl (C=O) groups is 1. The van der Waals surface area contributed by atoms with Crippen LogP contribution in [-0.2, 0) is 6.42 Å². The van der Waals surface area contributed by atoms with Gasteiger partial charge in [-0.3, -0.25) is 4.79 Å². The maximum atomic E-state index is 12.1. The predicted octanol–water partition coefficient (Wildman–Crippen LogP) is 0.567. The Morgan fingerprint density at radius 2 is 2.24 bits per heavy atom. The molecule has 5 heteroatoms. The van der Waals surface area contributed by atoms with E-state index < -0.39 is 0 Å². The van der Waals surface area contributed by atoms with Gasteiger partial charge in [0.05, 0.1) is 17.0 Å². The number of nitrogens with two attached hydrogens (primary N) is 1. The first-order chi connectivity index (χ1) is 8.10. The summed E-state index contributed by atoms with van der Waals surface area (Å²) in [6.45, 7) is 3.80. The first kappa shape index (κ1) is 12.0. The van der Waals surface area contributed by atoms with Gasteiger partial charge in [0.2, 0.25) is 0 Å². The molecule has 0 saturated heterocycles. The van der Waals surface area contributed by atoms with E-state index in [2.05, 4.69) is 15.5 Å². The van der Waals surface area contributed by atoms with Gasteiger partial charge in [-0.25, -0.2) is 0 Å².